The molecule has 0 radical (unpaired) electrons. The van der Waals surface area contributed by atoms with E-state index in [0.29, 0.717) is 0 Å². The van der Waals surface area contributed by atoms with Crippen LogP contribution in [0.15, 0.2) is 255 Å². The third-order valence-electron chi connectivity index (χ3n) is 14.6. The molecule has 2 heteroatoms. The molecule has 2 nitrogen and oxygen atoms in total. The van der Waals surface area contributed by atoms with Crippen molar-refractivity contribution in [2.24, 2.45) is 0 Å². The summed E-state index contributed by atoms with van der Waals surface area (Å²) in [5.41, 5.74) is 23.6. The normalized spacial score (nSPS) is 14.6. The van der Waals surface area contributed by atoms with E-state index in [-0.39, 0.29) is 0 Å². The van der Waals surface area contributed by atoms with Crippen molar-refractivity contribution in [2.45, 2.75) is 5.41 Å². The van der Waals surface area contributed by atoms with E-state index in [2.05, 4.69) is 265 Å². The van der Waals surface area contributed by atoms with Crippen LogP contribution in [0, 0.1) is 0 Å². The fourth-order valence-corrected chi connectivity index (χ4v) is 12.0. The topological polar surface area (TPSA) is 6.48 Å². The Morgan fingerprint density at radius 1 is 0.313 bits per heavy atom. The smallest absolute Gasteiger partial charge is 0.0781 e. The van der Waals surface area contributed by atoms with Gasteiger partial charge in [-0.05, 0) is 126 Å². The Hall–Kier alpha value is -8.72. The number of fused-ring (bicyclic) bond motifs is 19. The molecule has 0 saturated carbocycles. The molecule has 312 valence electrons. The summed E-state index contributed by atoms with van der Waals surface area (Å²) in [6.07, 6.45) is 0. The van der Waals surface area contributed by atoms with Gasteiger partial charge in [-0.3, -0.25) is 0 Å². The summed E-state index contributed by atoms with van der Waals surface area (Å²) in [7, 11) is 0. The molecule has 14 rings (SSSR count). The molecule has 2 aliphatic carbocycles. The van der Waals surface area contributed by atoms with E-state index in [1.807, 2.05) is 0 Å². The molecule has 0 amide bonds. The number of nitrogens with zero attached hydrogens (tertiary/aromatic N) is 2. The highest BCUT2D eigenvalue weighted by Gasteiger charge is 2.50. The highest BCUT2D eigenvalue weighted by Crippen LogP contribution is 2.63. The van der Waals surface area contributed by atoms with Crippen molar-refractivity contribution in [3.63, 3.8) is 0 Å². The Labute approximate surface area is 390 Å². The molecule has 0 bridgehead atoms. The van der Waals surface area contributed by atoms with Gasteiger partial charge in [-0.2, -0.15) is 0 Å². The van der Waals surface area contributed by atoms with Gasteiger partial charge in [0.25, 0.3) is 0 Å². The van der Waals surface area contributed by atoms with Crippen LogP contribution in [0.4, 0.5) is 34.1 Å². The average Bonchev–Trinajstić information content (AvgIpc) is 3.57. The predicted molar refractivity (Wildman–Crippen MR) is 279 cm³/mol. The second-order valence-electron chi connectivity index (χ2n) is 17.9. The summed E-state index contributed by atoms with van der Waals surface area (Å²) in [4.78, 5) is 4.97. The lowest BCUT2D eigenvalue weighted by Crippen LogP contribution is -2.29. The van der Waals surface area contributed by atoms with Crippen LogP contribution in [-0.2, 0) is 5.41 Å². The molecule has 11 aromatic rings. The largest absolute Gasteiger partial charge is 0.308 e. The Kier molecular flexibility index (Phi) is 8.23. The molecule has 3 aliphatic rings. The maximum Gasteiger partial charge on any atom is 0.0781 e. The van der Waals surface area contributed by atoms with Gasteiger partial charge in [0.2, 0.25) is 0 Å². The van der Waals surface area contributed by atoms with Gasteiger partial charge in [0.15, 0.2) is 0 Å². The number of rotatable bonds is 4. The standard InChI is InChI=1S/C65H42N2/c1-3-21-44(22-4-1)66(62-37-19-33-54-50-28-11-10-27-49(50)53-31-15-18-36-61(53)67(64(54)62)45-23-5-2-6-24-45)46-39-41-59-56(42-46)51-29-12-9-26-48(51)52-30-13-16-34-57(52)65(59)58-35-17-14-32-55(58)63-47-25-8-7-20-43(47)38-40-60(63)65/h1-42H. The Morgan fingerprint density at radius 2 is 0.836 bits per heavy atom. The van der Waals surface area contributed by atoms with Crippen molar-refractivity contribution in [1.29, 1.82) is 0 Å². The minimum Gasteiger partial charge on any atom is -0.308 e. The molecular weight excluding hydrogens is 809 g/mol. The molecule has 1 atom stereocenters. The first kappa shape index (κ1) is 37.6. The monoisotopic (exact) mass is 850 g/mol. The van der Waals surface area contributed by atoms with Gasteiger partial charge in [-0.25, -0.2) is 0 Å². The summed E-state index contributed by atoms with van der Waals surface area (Å²) in [5, 5.41) is 2.54. The van der Waals surface area contributed by atoms with Crippen molar-refractivity contribution in [3.05, 3.63) is 277 Å². The summed E-state index contributed by atoms with van der Waals surface area (Å²) in [5.74, 6) is 0. The number of hydrogen-bond donors (Lipinski definition) is 0. The number of para-hydroxylation sites is 4. The van der Waals surface area contributed by atoms with Crippen LogP contribution >= 0.6 is 0 Å². The third kappa shape index (κ3) is 5.33. The van der Waals surface area contributed by atoms with Gasteiger partial charge in [-0.15, -0.1) is 0 Å². The second-order valence-corrected chi connectivity index (χ2v) is 17.9. The van der Waals surface area contributed by atoms with E-state index in [9.17, 15) is 0 Å². The zero-order chi connectivity index (χ0) is 44.1. The van der Waals surface area contributed by atoms with Gasteiger partial charge in [0, 0.05) is 28.2 Å². The average molecular weight is 851 g/mol. The van der Waals surface area contributed by atoms with E-state index in [1.165, 1.54) is 88.7 Å². The highest BCUT2D eigenvalue weighted by molar-refractivity contribution is 6.09. The lowest BCUT2D eigenvalue weighted by molar-refractivity contribution is 0.776. The second kappa shape index (κ2) is 14.7. The van der Waals surface area contributed by atoms with Crippen LogP contribution in [0.1, 0.15) is 22.3 Å². The zero-order valence-electron chi connectivity index (χ0n) is 36.6. The SMILES string of the molecule is c1ccc(N(c2ccc3c(c2)-c2ccccc2-c2ccccc2C32c3ccccc3-c3c2ccc2ccccc32)c2cccc3c2N(c2ccccc2)c2ccccc2-c2ccccc2-3)cc1. The van der Waals surface area contributed by atoms with Crippen LogP contribution in [-0.4, -0.2) is 0 Å². The maximum absolute atomic E-state index is 2.49. The van der Waals surface area contributed by atoms with Gasteiger partial charge in [0.1, 0.15) is 0 Å². The fraction of sp³-hybridized carbons (Fsp3) is 0.0154. The first-order valence-electron chi connectivity index (χ1n) is 23.3. The molecule has 67 heavy (non-hydrogen) atoms. The van der Waals surface area contributed by atoms with E-state index in [1.54, 1.807) is 0 Å². The quantitative estimate of drug-likeness (QED) is 0.174. The van der Waals surface area contributed by atoms with Crippen LogP contribution < -0.4 is 9.80 Å². The first-order valence-corrected chi connectivity index (χ1v) is 23.3. The molecule has 0 N–H and O–H groups in total. The molecule has 11 aromatic carbocycles. The molecule has 0 fully saturated rings. The predicted octanol–water partition coefficient (Wildman–Crippen LogP) is 17.4. The van der Waals surface area contributed by atoms with Gasteiger partial charge < -0.3 is 9.80 Å². The minimum absolute atomic E-state index is 0.599. The molecule has 1 spiro atoms. The van der Waals surface area contributed by atoms with Crippen molar-refractivity contribution in [1.82, 2.24) is 0 Å². The van der Waals surface area contributed by atoms with E-state index >= 15 is 0 Å². The molecule has 1 unspecified atom stereocenters. The molecule has 0 saturated heterocycles. The lowest BCUT2D eigenvalue weighted by Gasteiger charge is -2.37. The molecular formula is C65H42N2. The number of hydrogen-bond acceptors (Lipinski definition) is 2. The van der Waals surface area contributed by atoms with Crippen LogP contribution in [0.25, 0.3) is 66.4 Å². The van der Waals surface area contributed by atoms with Crippen molar-refractivity contribution in [2.75, 3.05) is 9.80 Å². The van der Waals surface area contributed by atoms with Crippen LogP contribution in [0.5, 0.6) is 0 Å². The highest BCUT2D eigenvalue weighted by atomic mass is 15.2. The van der Waals surface area contributed by atoms with Crippen molar-refractivity contribution >= 4 is 44.9 Å². The molecule has 0 aromatic heterocycles. The number of benzene rings is 11. The van der Waals surface area contributed by atoms with Crippen molar-refractivity contribution < 1.29 is 0 Å². The molecule has 1 aliphatic heterocycles. The van der Waals surface area contributed by atoms with E-state index < -0.39 is 5.41 Å². The van der Waals surface area contributed by atoms with E-state index in [0.717, 1.165) is 34.1 Å². The maximum atomic E-state index is 2.49. The summed E-state index contributed by atoms with van der Waals surface area (Å²) in [6, 6.07) is 94.8. The summed E-state index contributed by atoms with van der Waals surface area (Å²) < 4.78 is 0. The van der Waals surface area contributed by atoms with Crippen LogP contribution in [0.3, 0.4) is 0 Å². The van der Waals surface area contributed by atoms with Gasteiger partial charge in [-0.1, -0.05) is 206 Å². The first-order chi connectivity index (χ1) is 33.3. The van der Waals surface area contributed by atoms with Crippen molar-refractivity contribution in [3.8, 4) is 55.6 Å². The van der Waals surface area contributed by atoms with Crippen LogP contribution in [0.2, 0.25) is 0 Å². The third-order valence-corrected chi connectivity index (χ3v) is 14.6. The van der Waals surface area contributed by atoms with Gasteiger partial charge in [0.05, 0.1) is 22.5 Å². The lowest BCUT2D eigenvalue weighted by atomic mass is 9.65. The van der Waals surface area contributed by atoms with Gasteiger partial charge >= 0.3 is 0 Å². The fourth-order valence-electron chi connectivity index (χ4n) is 12.0. The molecule has 1 heterocycles. The Morgan fingerprint density at radius 3 is 1.60 bits per heavy atom. The summed E-state index contributed by atoms with van der Waals surface area (Å²) in [6.45, 7) is 0. The Bertz CT molecular complexity index is 3780. The minimum atomic E-state index is -0.599. The van der Waals surface area contributed by atoms with E-state index in [4.69, 9.17) is 0 Å². The number of anilines is 6. The summed E-state index contributed by atoms with van der Waals surface area (Å²) >= 11 is 0. The zero-order valence-corrected chi connectivity index (χ0v) is 36.6. The Balaban J connectivity index is 1.10.